The van der Waals surface area contributed by atoms with Gasteiger partial charge in [-0.25, -0.2) is 0 Å². The maximum absolute atomic E-state index is 8.98. The number of hydrogen-bond acceptors (Lipinski definition) is 2. The van der Waals surface area contributed by atoms with Gasteiger partial charge in [0.05, 0.1) is 6.10 Å². The molecule has 0 aliphatic carbocycles. The molecular weight excluding hydrogens is 180 g/mol. The number of rotatable bonds is 8. The van der Waals surface area contributed by atoms with Crippen molar-refractivity contribution in [1.82, 2.24) is 0 Å². The molecule has 0 rings (SSSR count). The number of aliphatic hydroxyl groups excluding tert-OH is 1. The molecule has 0 aliphatic heterocycles. The van der Waals surface area contributed by atoms with Crippen molar-refractivity contribution < 1.29 is 5.11 Å². The molecule has 2 heteroatoms. The first-order valence-electron chi connectivity index (χ1n) is 5.29. The fourth-order valence-electron chi connectivity index (χ4n) is 1.27. The molecule has 0 heterocycles. The van der Waals surface area contributed by atoms with Crippen LogP contribution in [0.1, 0.15) is 39.5 Å². The summed E-state index contributed by atoms with van der Waals surface area (Å²) in [6.07, 6.45) is 4.84. The van der Waals surface area contributed by atoms with Crippen molar-refractivity contribution in [2.45, 2.75) is 45.6 Å². The van der Waals surface area contributed by atoms with E-state index in [4.69, 9.17) is 5.11 Å². The molecular formula is C11H23OS. The molecule has 13 heavy (non-hydrogen) atoms. The van der Waals surface area contributed by atoms with E-state index in [0.717, 1.165) is 11.7 Å². The van der Waals surface area contributed by atoms with Crippen molar-refractivity contribution in [2.24, 2.45) is 5.92 Å². The summed E-state index contributed by atoms with van der Waals surface area (Å²) < 4.78 is 0. The summed E-state index contributed by atoms with van der Waals surface area (Å²) in [7, 11) is 0. The lowest BCUT2D eigenvalue weighted by molar-refractivity contribution is 0.246. The van der Waals surface area contributed by atoms with Gasteiger partial charge in [0.2, 0.25) is 0 Å². The number of unbranched alkanes of at least 4 members (excludes halogenated alkanes) is 1. The smallest absolute Gasteiger partial charge is 0.0631 e. The van der Waals surface area contributed by atoms with Crippen LogP contribution >= 0.6 is 11.8 Å². The third-order valence-corrected chi connectivity index (χ3v) is 3.53. The van der Waals surface area contributed by atoms with Crippen molar-refractivity contribution in [1.29, 1.82) is 0 Å². The summed E-state index contributed by atoms with van der Waals surface area (Å²) in [5.74, 6) is 2.80. The minimum Gasteiger partial charge on any atom is -0.392 e. The first-order valence-corrected chi connectivity index (χ1v) is 6.45. The van der Waals surface area contributed by atoms with Gasteiger partial charge in [0.15, 0.2) is 0 Å². The molecule has 0 fully saturated rings. The summed E-state index contributed by atoms with van der Waals surface area (Å²) in [4.78, 5) is 0. The standard InChI is InChI=1S/C11H23OS/c1-4-6-7-11(5-2)9-13-8-10(3)12/h10-12H,3-9H2,1-2H3. The minimum absolute atomic E-state index is 0.395. The van der Waals surface area contributed by atoms with Crippen LogP contribution in [0, 0.1) is 12.8 Å². The highest BCUT2D eigenvalue weighted by atomic mass is 32.2. The molecule has 0 spiro atoms. The van der Waals surface area contributed by atoms with Crippen LogP contribution in [0.15, 0.2) is 0 Å². The van der Waals surface area contributed by atoms with Crippen LogP contribution in [0.5, 0.6) is 0 Å². The van der Waals surface area contributed by atoms with Gasteiger partial charge in [-0.3, -0.25) is 0 Å². The monoisotopic (exact) mass is 203 g/mol. The van der Waals surface area contributed by atoms with Crippen LogP contribution in [0.25, 0.3) is 0 Å². The highest BCUT2D eigenvalue weighted by Gasteiger charge is 2.06. The lowest BCUT2D eigenvalue weighted by Crippen LogP contribution is -2.08. The summed E-state index contributed by atoms with van der Waals surface area (Å²) in [5, 5.41) is 8.98. The molecule has 2 unspecified atom stereocenters. The Labute approximate surface area is 87.3 Å². The third kappa shape index (κ3) is 8.63. The van der Waals surface area contributed by atoms with Crippen LogP contribution < -0.4 is 0 Å². The van der Waals surface area contributed by atoms with E-state index in [9.17, 15) is 0 Å². The van der Waals surface area contributed by atoms with Crippen LogP contribution in [0.3, 0.4) is 0 Å². The fourth-order valence-corrected chi connectivity index (χ4v) is 2.41. The zero-order valence-electron chi connectivity index (χ0n) is 8.96. The van der Waals surface area contributed by atoms with Crippen LogP contribution in [0.4, 0.5) is 0 Å². The third-order valence-electron chi connectivity index (χ3n) is 2.21. The van der Waals surface area contributed by atoms with Gasteiger partial charge in [0.1, 0.15) is 0 Å². The molecule has 79 valence electrons. The van der Waals surface area contributed by atoms with Gasteiger partial charge in [-0.15, -0.1) is 0 Å². The Morgan fingerprint density at radius 2 is 2.00 bits per heavy atom. The second kappa shape index (κ2) is 8.89. The van der Waals surface area contributed by atoms with Crippen molar-refractivity contribution >= 4 is 11.8 Å². The average molecular weight is 203 g/mol. The van der Waals surface area contributed by atoms with Crippen molar-refractivity contribution in [3.05, 3.63) is 6.92 Å². The van der Waals surface area contributed by atoms with Gasteiger partial charge in [-0.2, -0.15) is 11.8 Å². The molecule has 0 saturated heterocycles. The molecule has 1 nitrogen and oxygen atoms in total. The van der Waals surface area contributed by atoms with Gasteiger partial charge in [-0.05, 0) is 25.0 Å². The van der Waals surface area contributed by atoms with Crippen molar-refractivity contribution in [2.75, 3.05) is 11.5 Å². The summed E-state index contributed by atoms with van der Waals surface area (Å²) >= 11 is 1.83. The van der Waals surface area contributed by atoms with Crippen LogP contribution in [-0.4, -0.2) is 22.7 Å². The molecule has 2 atom stereocenters. The fraction of sp³-hybridized carbons (Fsp3) is 0.909. The SMILES string of the molecule is [CH2]C(O)CSCC(CC)CCCC. The Bertz CT molecular complexity index is 104. The predicted molar refractivity (Wildman–Crippen MR) is 62.0 cm³/mol. The summed E-state index contributed by atoms with van der Waals surface area (Å²) in [6.45, 7) is 8.05. The lowest BCUT2D eigenvalue weighted by Gasteiger charge is -2.14. The van der Waals surface area contributed by atoms with Gasteiger partial charge in [0.25, 0.3) is 0 Å². The maximum atomic E-state index is 8.98. The molecule has 0 aromatic rings. The second-order valence-corrected chi connectivity index (χ2v) is 4.68. The highest BCUT2D eigenvalue weighted by molar-refractivity contribution is 7.99. The predicted octanol–water partition coefficient (Wildman–Crippen LogP) is 3.13. The first-order chi connectivity index (χ1) is 6.20. The zero-order valence-corrected chi connectivity index (χ0v) is 9.78. The van der Waals surface area contributed by atoms with Gasteiger partial charge < -0.3 is 5.11 Å². The Balaban J connectivity index is 3.36. The molecule has 0 aromatic carbocycles. The van der Waals surface area contributed by atoms with Crippen molar-refractivity contribution in [3.63, 3.8) is 0 Å². The van der Waals surface area contributed by atoms with E-state index >= 15 is 0 Å². The molecule has 0 saturated carbocycles. The summed E-state index contributed by atoms with van der Waals surface area (Å²) in [5.41, 5.74) is 0. The Morgan fingerprint density at radius 3 is 2.46 bits per heavy atom. The van der Waals surface area contributed by atoms with Crippen LogP contribution in [0.2, 0.25) is 0 Å². The molecule has 0 amide bonds. The topological polar surface area (TPSA) is 20.2 Å². The normalized spacial score (nSPS) is 15.7. The van der Waals surface area contributed by atoms with E-state index in [2.05, 4.69) is 20.8 Å². The van der Waals surface area contributed by atoms with Gasteiger partial charge in [-0.1, -0.05) is 33.1 Å². The van der Waals surface area contributed by atoms with Crippen LogP contribution in [-0.2, 0) is 0 Å². The van der Waals surface area contributed by atoms with Gasteiger partial charge in [0, 0.05) is 5.75 Å². The Hall–Kier alpha value is 0.310. The van der Waals surface area contributed by atoms with E-state index in [1.165, 1.54) is 31.4 Å². The van der Waals surface area contributed by atoms with Gasteiger partial charge >= 0.3 is 0 Å². The molecule has 0 aromatic heterocycles. The molecule has 0 bridgehead atoms. The largest absolute Gasteiger partial charge is 0.392 e. The van der Waals surface area contributed by atoms with E-state index in [-0.39, 0.29) is 0 Å². The number of thioether (sulfide) groups is 1. The highest BCUT2D eigenvalue weighted by Crippen LogP contribution is 2.18. The zero-order chi connectivity index (χ0) is 10.1. The maximum Gasteiger partial charge on any atom is 0.0631 e. The first kappa shape index (κ1) is 13.3. The number of aliphatic hydroxyl groups is 1. The lowest BCUT2D eigenvalue weighted by atomic mass is 10.0. The molecule has 1 radical (unpaired) electrons. The average Bonchev–Trinajstić information content (AvgIpc) is 2.10. The minimum atomic E-state index is -0.395. The van der Waals surface area contributed by atoms with Crippen molar-refractivity contribution in [3.8, 4) is 0 Å². The second-order valence-electron chi connectivity index (χ2n) is 3.61. The Kier molecular flexibility index (Phi) is 9.10. The quantitative estimate of drug-likeness (QED) is 0.654. The molecule has 1 N–H and O–H groups in total. The van der Waals surface area contributed by atoms with E-state index in [0.29, 0.717) is 0 Å². The van der Waals surface area contributed by atoms with E-state index in [1.54, 1.807) is 0 Å². The van der Waals surface area contributed by atoms with E-state index < -0.39 is 6.10 Å². The Morgan fingerprint density at radius 1 is 1.31 bits per heavy atom. The number of hydrogen-bond donors (Lipinski definition) is 1. The van der Waals surface area contributed by atoms with E-state index in [1.807, 2.05) is 11.8 Å². The summed E-state index contributed by atoms with van der Waals surface area (Å²) in [6, 6.07) is 0. The molecule has 0 aliphatic rings.